The van der Waals surface area contributed by atoms with Gasteiger partial charge in [-0.2, -0.15) is 10.5 Å². The molecule has 3 nitrogen and oxygen atoms in total. The molecular formula is C10H8ClN3. The third-order valence-corrected chi connectivity index (χ3v) is 2.08. The van der Waals surface area contributed by atoms with Crippen molar-refractivity contribution in [1.29, 1.82) is 10.5 Å². The Labute approximate surface area is 87.3 Å². The zero-order chi connectivity index (χ0) is 10.6. The van der Waals surface area contributed by atoms with Gasteiger partial charge in [-0.3, -0.25) is 0 Å². The van der Waals surface area contributed by atoms with E-state index in [1.807, 2.05) is 12.1 Å². The van der Waals surface area contributed by atoms with Gasteiger partial charge in [0.1, 0.15) is 0 Å². The molecule has 1 atom stereocenters. The number of nitrogens with two attached hydrogens (primary N) is 1. The molecule has 1 aromatic carbocycles. The van der Waals surface area contributed by atoms with E-state index >= 15 is 0 Å². The number of benzene rings is 1. The Kier molecular flexibility index (Phi) is 3.48. The maximum Gasteiger partial charge on any atom is 0.0995 e. The molecule has 0 radical (unpaired) electrons. The van der Waals surface area contributed by atoms with E-state index in [0.29, 0.717) is 16.1 Å². The monoisotopic (exact) mass is 205 g/mol. The Bertz CT molecular complexity index is 414. The standard InChI is InChI=1S/C10H8ClN3/c11-8-2-1-7(6-13)9(5-8)10(14)3-4-12/h1-2,5,10H,3,14H2. The Balaban J connectivity index is 3.13. The minimum Gasteiger partial charge on any atom is -0.323 e. The predicted octanol–water partition coefficient (Wildman–Crippen LogP) is 2.13. The van der Waals surface area contributed by atoms with E-state index in [1.165, 1.54) is 0 Å². The Morgan fingerprint density at radius 3 is 2.71 bits per heavy atom. The number of halogens is 1. The first-order valence-electron chi connectivity index (χ1n) is 4.01. The van der Waals surface area contributed by atoms with Crippen LogP contribution >= 0.6 is 11.6 Å². The van der Waals surface area contributed by atoms with Crippen molar-refractivity contribution in [3.63, 3.8) is 0 Å². The molecule has 0 aliphatic heterocycles. The van der Waals surface area contributed by atoms with Gasteiger partial charge in [0.25, 0.3) is 0 Å². The van der Waals surface area contributed by atoms with Crippen LogP contribution in [0.2, 0.25) is 5.02 Å². The maximum atomic E-state index is 8.79. The van der Waals surface area contributed by atoms with Crippen molar-refractivity contribution in [2.75, 3.05) is 0 Å². The van der Waals surface area contributed by atoms with E-state index in [9.17, 15) is 0 Å². The number of hydrogen-bond donors (Lipinski definition) is 1. The van der Waals surface area contributed by atoms with Crippen LogP contribution in [0.4, 0.5) is 0 Å². The Morgan fingerprint density at radius 1 is 1.43 bits per heavy atom. The van der Waals surface area contributed by atoms with Crippen molar-refractivity contribution in [3.05, 3.63) is 34.3 Å². The second-order valence-corrected chi connectivity index (χ2v) is 3.25. The first-order chi connectivity index (χ1) is 6.69. The number of nitrogens with zero attached hydrogens (tertiary/aromatic N) is 2. The summed E-state index contributed by atoms with van der Waals surface area (Å²) in [7, 11) is 0. The lowest BCUT2D eigenvalue weighted by Crippen LogP contribution is -2.11. The van der Waals surface area contributed by atoms with Crippen molar-refractivity contribution in [3.8, 4) is 12.1 Å². The van der Waals surface area contributed by atoms with Gasteiger partial charge in [0, 0.05) is 11.1 Å². The Hall–Kier alpha value is -1.55. The lowest BCUT2D eigenvalue weighted by molar-refractivity contribution is 0.746. The summed E-state index contributed by atoms with van der Waals surface area (Å²) in [5.41, 5.74) is 6.81. The highest BCUT2D eigenvalue weighted by atomic mass is 35.5. The predicted molar refractivity (Wildman–Crippen MR) is 53.3 cm³/mol. The van der Waals surface area contributed by atoms with Gasteiger partial charge in [0.05, 0.1) is 24.1 Å². The number of nitriles is 2. The lowest BCUT2D eigenvalue weighted by atomic mass is 10.00. The van der Waals surface area contributed by atoms with Gasteiger partial charge in [-0.1, -0.05) is 11.6 Å². The largest absolute Gasteiger partial charge is 0.323 e. The highest BCUT2D eigenvalue weighted by Gasteiger charge is 2.10. The van der Waals surface area contributed by atoms with Crippen LogP contribution in [-0.4, -0.2) is 0 Å². The van der Waals surface area contributed by atoms with E-state index in [0.717, 1.165) is 0 Å². The molecule has 1 unspecified atom stereocenters. The van der Waals surface area contributed by atoms with Gasteiger partial charge in [-0.15, -0.1) is 0 Å². The fourth-order valence-electron chi connectivity index (χ4n) is 1.15. The third-order valence-electron chi connectivity index (χ3n) is 1.84. The van der Waals surface area contributed by atoms with Gasteiger partial charge in [0.15, 0.2) is 0 Å². The summed E-state index contributed by atoms with van der Waals surface area (Å²) in [5, 5.41) is 17.8. The Morgan fingerprint density at radius 2 is 2.14 bits per heavy atom. The summed E-state index contributed by atoms with van der Waals surface area (Å²) < 4.78 is 0. The van der Waals surface area contributed by atoms with Crippen LogP contribution in [-0.2, 0) is 0 Å². The van der Waals surface area contributed by atoms with Crippen molar-refractivity contribution >= 4 is 11.6 Å². The highest BCUT2D eigenvalue weighted by Crippen LogP contribution is 2.22. The fourth-order valence-corrected chi connectivity index (χ4v) is 1.33. The summed E-state index contributed by atoms with van der Waals surface area (Å²) in [6, 6.07) is 8.38. The molecule has 14 heavy (non-hydrogen) atoms. The fraction of sp³-hybridized carbons (Fsp3) is 0.200. The first kappa shape index (κ1) is 10.5. The quantitative estimate of drug-likeness (QED) is 0.804. The van der Waals surface area contributed by atoms with Crippen LogP contribution in [0.1, 0.15) is 23.6 Å². The first-order valence-corrected chi connectivity index (χ1v) is 4.39. The van der Waals surface area contributed by atoms with Gasteiger partial charge >= 0.3 is 0 Å². The van der Waals surface area contributed by atoms with Crippen LogP contribution < -0.4 is 5.73 Å². The van der Waals surface area contributed by atoms with Gasteiger partial charge in [0.2, 0.25) is 0 Å². The van der Waals surface area contributed by atoms with Crippen molar-refractivity contribution in [2.45, 2.75) is 12.5 Å². The smallest absolute Gasteiger partial charge is 0.0995 e. The summed E-state index contributed by atoms with van der Waals surface area (Å²) >= 11 is 5.77. The second-order valence-electron chi connectivity index (χ2n) is 2.81. The molecule has 0 spiro atoms. The molecule has 0 saturated carbocycles. The van der Waals surface area contributed by atoms with Gasteiger partial charge in [-0.05, 0) is 23.8 Å². The minimum atomic E-state index is -0.451. The number of rotatable bonds is 2. The maximum absolute atomic E-state index is 8.79. The van der Waals surface area contributed by atoms with E-state index in [-0.39, 0.29) is 6.42 Å². The zero-order valence-electron chi connectivity index (χ0n) is 7.37. The van der Waals surface area contributed by atoms with E-state index in [4.69, 9.17) is 27.9 Å². The molecule has 0 bridgehead atoms. The van der Waals surface area contributed by atoms with Crippen LogP contribution in [0.5, 0.6) is 0 Å². The van der Waals surface area contributed by atoms with Crippen molar-refractivity contribution < 1.29 is 0 Å². The molecule has 70 valence electrons. The summed E-state index contributed by atoms with van der Waals surface area (Å²) in [6.07, 6.45) is 0.176. The second kappa shape index (κ2) is 4.62. The van der Waals surface area contributed by atoms with E-state index in [1.54, 1.807) is 18.2 Å². The normalized spacial score (nSPS) is 11.4. The summed E-state index contributed by atoms with van der Waals surface area (Å²) in [4.78, 5) is 0. The van der Waals surface area contributed by atoms with Gasteiger partial charge in [-0.25, -0.2) is 0 Å². The molecule has 1 rings (SSSR count). The molecule has 0 amide bonds. The summed E-state index contributed by atoms with van der Waals surface area (Å²) in [6.45, 7) is 0. The lowest BCUT2D eigenvalue weighted by Gasteiger charge is -2.09. The van der Waals surface area contributed by atoms with Crippen LogP contribution in [0.15, 0.2) is 18.2 Å². The summed E-state index contributed by atoms with van der Waals surface area (Å²) in [5.74, 6) is 0. The van der Waals surface area contributed by atoms with Crippen LogP contribution in [0, 0.1) is 22.7 Å². The van der Waals surface area contributed by atoms with Crippen LogP contribution in [0.25, 0.3) is 0 Å². The SMILES string of the molecule is N#CCC(N)c1cc(Cl)ccc1C#N. The van der Waals surface area contributed by atoms with Gasteiger partial charge < -0.3 is 5.73 Å². The average molecular weight is 206 g/mol. The van der Waals surface area contributed by atoms with Crippen molar-refractivity contribution in [1.82, 2.24) is 0 Å². The molecule has 0 heterocycles. The minimum absolute atomic E-state index is 0.176. The molecule has 1 aromatic rings. The molecule has 4 heteroatoms. The average Bonchev–Trinajstić information content (AvgIpc) is 2.18. The molecular weight excluding hydrogens is 198 g/mol. The molecule has 0 aliphatic rings. The molecule has 0 aromatic heterocycles. The topological polar surface area (TPSA) is 73.6 Å². The number of hydrogen-bond acceptors (Lipinski definition) is 3. The molecule has 0 fully saturated rings. The van der Waals surface area contributed by atoms with E-state index in [2.05, 4.69) is 0 Å². The van der Waals surface area contributed by atoms with E-state index < -0.39 is 6.04 Å². The molecule has 0 saturated heterocycles. The van der Waals surface area contributed by atoms with Crippen LogP contribution in [0.3, 0.4) is 0 Å². The highest BCUT2D eigenvalue weighted by molar-refractivity contribution is 6.30. The van der Waals surface area contributed by atoms with Crippen molar-refractivity contribution in [2.24, 2.45) is 5.73 Å². The third kappa shape index (κ3) is 2.23. The zero-order valence-corrected chi connectivity index (χ0v) is 8.12. The molecule has 0 aliphatic carbocycles. The molecule has 2 N–H and O–H groups in total.